The van der Waals surface area contributed by atoms with Gasteiger partial charge in [0.25, 0.3) is 0 Å². The highest BCUT2D eigenvalue weighted by Crippen LogP contribution is 2.27. The van der Waals surface area contributed by atoms with Crippen molar-refractivity contribution < 1.29 is 9.36 Å². The topological polar surface area (TPSA) is 50.0 Å². The lowest BCUT2D eigenvalue weighted by Crippen LogP contribution is -2.34. The van der Waals surface area contributed by atoms with Crippen LogP contribution in [0.2, 0.25) is 0 Å². The van der Waals surface area contributed by atoms with Gasteiger partial charge in [0.2, 0.25) is 17.0 Å². The van der Waals surface area contributed by atoms with Crippen LogP contribution in [0.1, 0.15) is 38.4 Å². The molecule has 2 aromatic heterocycles. The van der Waals surface area contributed by atoms with Crippen LogP contribution in [0.15, 0.2) is 67.6 Å². The molecular formula is C27H27N4O+. The van der Waals surface area contributed by atoms with E-state index in [1.165, 1.54) is 23.5 Å². The van der Waals surface area contributed by atoms with E-state index in [0.717, 1.165) is 33.5 Å². The molecule has 0 radical (unpaired) electrons. The van der Waals surface area contributed by atoms with Crippen LogP contribution in [0.3, 0.4) is 0 Å². The van der Waals surface area contributed by atoms with Crippen molar-refractivity contribution in [2.45, 2.75) is 13.8 Å². The fourth-order valence-electron chi connectivity index (χ4n) is 4.16. The smallest absolute Gasteiger partial charge is 0.213 e. The van der Waals surface area contributed by atoms with E-state index >= 15 is 0 Å². The molecule has 2 heterocycles. The summed E-state index contributed by atoms with van der Waals surface area (Å²) in [6.45, 7) is 8.30. The molecule has 5 nitrogen and oxygen atoms in total. The molecule has 2 aromatic carbocycles. The van der Waals surface area contributed by atoms with Crippen molar-refractivity contribution in [2.75, 3.05) is 19.0 Å². The van der Waals surface area contributed by atoms with Crippen molar-refractivity contribution in [3.63, 3.8) is 0 Å². The quantitative estimate of drug-likeness (QED) is 0.352. The van der Waals surface area contributed by atoms with Gasteiger partial charge in [-0.3, -0.25) is 9.78 Å². The number of anilines is 1. The minimum absolute atomic E-state index is 0.113. The Balaban J connectivity index is 1.74. The second-order valence-corrected chi connectivity index (χ2v) is 8.30. The van der Waals surface area contributed by atoms with Crippen molar-refractivity contribution in [1.82, 2.24) is 9.97 Å². The highest BCUT2D eigenvalue weighted by Gasteiger charge is 2.21. The lowest BCUT2D eigenvalue weighted by Gasteiger charge is -2.14. The maximum absolute atomic E-state index is 13.0. The third-order valence-electron chi connectivity index (χ3n) is 5.88. The van der Waals surface area contributed by atoms with Crippen molar-refractivity contribution >= 4 is 27.9 Å². The largest absolute Gasteiger partial charge is 0.378 e. The molecular weight excluding hydrogens is 396 g/mol. The van der Waals surface area contributed by atoms with Crippen LogP contribution in [-0.4, -0.2) is 29.8 Å². The van der Waals surface area contributed by atoms with Crippen LogP contribution < -0.4 is 9.47 Å². The SMILES string of the molecule is C=C(c1cc(C)c(C(=O)c2cnccn2)c(C)c1)c1ccc2cc(N(C)C)ccc2[n+]1C. The third-order valence-corrected chi connectivity index (χ3v) is 5.88. The number of hydrogen-bond acceptors (Lipinski definition) is 4. The van der Waals surface area contributed by atoms with Gasteiger partial charge in [-0.25, -0.2) is 4.98 Å². The first-order valence-electron chi connectivity index (χ1n) is 10.5. The molecule has 4 rings (SSSR count). The Morgan fingerprint density at radius 3 is 2.34 bits per heavy atom. The zero-order chi connectivity index (χ0) is 23.0. The number of ketones is 1. The Morgan fingerprint density at radius 1 is 1.00 bits per heavy atom. The van der Waals surface area contributed by atoms with Gasteiger partial charge >= 0.3 is 0 Å². The Kier molecular flexibility index (Phi) is 5.57. The van der Waals surface area contributed by atoms with Gasteiger partial charge in [0.15, 0.2) is 0 Å². The molecule has 0 N–H and O–H groups in total. The molecule has 5 heteroatoms. The first kappa shape index (κ1) is 21.4. The number of aromatic nitrogens is 3. The lowest BCUT2D eigenvalue weighted by atomic mass is 9.91. The first-order chi connectivity index (χ1) is 15.3. The maximum atomic E-state index is 13.0. The van der Waals surface area contributed by atoms with E-state index in [0.29, 0.717) is 11.3 Å². The fraction of sp³-hybridized carbons (Fsp3) is 0.185. The second kappa shape index (κ2) is 8.35. The minimum atomic E-state index is -0.113. The van der Waals surface area contributed by atoms with Gasteiger partial charge in [-0.1, -0.05) is 18.7 Å². The summed E-state index contributed by atoms with van der Waals surface area (Å²) in [4.78, 5) is 23.3. The third kappa shape index (κ3) is 3.78. The number of pyridine rings is 1. The average molecular weight is 424 g/mol. The molecule has 0 amide bonds. The summed E-state index contributed by atoms with van der Waals surface area (Å²) >= 11 is 0. The zero-order valence-electron chi connectivity index (χ0n) is 19.2. The van der Waals surface area contributed by atoms with Crippen molar-refractivity contribution in [3.05, 3.63) is 101 Å². The number of hydrogen-bond donors (Lipinski definition) is 0. The number of carbonyl (C=O) groups is 1. The molecule has 0 fully saturated rings. The maximum Gasteiger partial charge on any atom is 0.213 e. The summed E-state index contributed by atoms with van der Waals surface area (Å²) in [5.41, 5.74) is 8.06. The monoisotopic (exact) mass is 423 g/mol. The molecule has 0 aliphatic heterocycles. The predicted octanol–water partition coefficient (Wildman–Crippen LogP) is 4.43. The molecule has 0 spiro atoms. The van der Waals surface area contributed by atoms with Gasteiger partial charge in [-0.15, -0.1) is 0 Å². The number of nitrogens with zero attached hydrogens (tertiary/aromatic N) is 4. The Hall–Kier alpha value is -3.86. The first-order valence-corrected chi connectivity index (χ1v) is 10.5. The van der Waals surface area contributed by atoms with Gasteiger partial charge in [-0.05, 0) is 48.7 Å². The van der Waals surface area contributed by atoms with Gasteiger partial charge in [0, 0.05) is 60.8 Å². The second-order valence-electron chi connectivity index (χ2n) is 8.30. The Bertz CT molecular complexity index is 1330. The van der Waals surface area contributed by atoms with Crippen molar-refractivity contribution in [1.29, 1.82) is 0 Å². The average Bonchev–Trinajstić information content (AvgIpc) is 2.78. The number of rotatable bonds is 5. The summed E-state index contributed by atoms with van der Waals surface area (Å²) in [5, 5.41) is 1.17. The van der Waals surface area contributed by atoms with Crippen LogP contribution in [0, 0.1) is 13.8 Å². The highest BCUT2D eigenvalue weighted by atomic mass is 16.1. The molecule has 0 aliphatic carbocycles. The summed E-state index contributed by atoms with van der Waals surface area (Å²) in [5.74, 6) is -0.113. The fourth-order valence-corrected chi connectivity index (χ4v) is 4.16. The van der Waals surface area contributed by atoms with Gasteiger partial charge in [-0.2, -0.15) is 4.57 Å². The zero-order valence-corrected chi connectivity index (χ0v) is 19.2. The minimum Gasteiger partial charge on any atom is -0.378 e. The summed E-state index contributed by atoms with van der Waals surface area (Å²) in [7, 11) is 6.14. The standard InChI is InChI=1S/C27H27N4O/c1-17-13-21(14-18(2)26(17)27(32)23-16-28-11-12-29-23)19(3)24-9-7-20-15-22(30(4)5)8-10-25(20)31(24)6/h7-16H,3H2,1-2,4-6H3/q+1. The molecule has 0 aliphatic rings. The summed E-state index contributed by atoms with van der Waals surface area (Å²) in [6, 6.07) is 14.7. The Labute approximate surface area is 188 Å². The van der Waals surface area contributed by atoms with Crippen LogP contribution in [0.4, 0.5) is 5.69 Å². The van der Waals surface area contributed by atoms with E-state index in [2.05, 4.69) is 63.4 Å². The Morgan fingerprint density at radius 2 is 1.72 bits per heavy atom. The van der Waals surface area contributed by atoms with Crippen molar-refractivity contribution in [2.24, 2.45) is 7.05 Å². The van der Waals surface area contributed by atoms with E-state index in [4.69, 9.17) is 0 Å². The van der Waals surface area contributed by atoms with Crippen molar-refractivity contribution in [3.8, 4) is 0 Å². The van der Waals surface area contributed by atoms with Crippen LogP contribution in [0.5, 0.6) is 0 Å². The molecule has 0 saturated carbocycles. The number of aryl methyl sites for hydroxylation is 3. The number of benzene rings is 2. The van der Waals surface area contributed by atoms with E-state index in [9.17, 15) is 4.79 Å². The molecule has 160 valence electrons. The predicted molar refractivity (Wildman–Crippen MR) is 129 cm³/mol. The highest BCUT2D eigenvalue weighted by molar-refractivity contribution is 6.09. The summed E-state index contributed by atoms with van der Waals surface area (Å²) < 4.78 is 2.17. The number of carbonyl (C=O) groups excluding carboxylic acids is 1. The van der Waals surface area contributed by atoms with Gasteiger partial charge < -0.3 is 4.90 Å². The molecule has 0 saturated heterocycles. The van der Waals surface area contributed by atoms with E-state index in [-0.39, 0.29) is 5.78 Å². The van der Waals surface area contributed by atoms with E-state index in [1.54, 1.807) is 6.20 Å². The normalized spacial score (nSPS) is 10.9. The van der Waals surface area contributed by atoms with Crippen LogP contribution in [0.25, 0.3) is 16.5 Å². The lowest BCUT2D eigenvalue weighted by molar-refractivity contribution is -0.647. The summed E-state index contributed by atoms with van der Waals surface area (Å²) in [6.07, 6.45) is 4.61. The van der Waals surface area contributed by atoms with Gasteiger partial charge in [0.1, 0.15) is 12.7 Å². The van der Waals surface area contributed by atoms with Crippen LogP contribution in [-0.2, 0) is 7.05 Å². The van der Waals surface area contributed by atoms with E-state index in [1.807, 2.05) is 40.1 Å². The number of fused-ring (bicyclic) bond motifs is 1. The van der Waals surface area contributed by atoms with Gasteiger partial charge in [0.05, 0.1) is 6.20 Å². The van der Waals surface area contributed by atoms with Crippen LogP contribution >= 0.6 is 0 Å². The molecule has 0 atom stereocenters. The molecule has 0 bridgehead atoms. The van der Waals surface area contributed by atoms with E-state index < -0.39 is 0 Å². The molecule has 32 heavy (non-hydrogen) atoms. The molecule has 4 aromatic rings. The molecule has 0 unspecified atom stereocenters.